The van der Waals surface area contributed by atoms with Gasteiger partial charge in [0, 0.05) is 13.0 Å². The molecule has 5 atom stereocenters. The number of amides is 3. The first-order valence-electron chi connectivity index (χ1n) is 11.9. The number of carbonyl (C=O) groups excluding carboxylic acids is 3. The van der Waals surface area contributed by atoms with Gasteiger partial charge in [-0.05, 0) is 31.1 Å². The minimum Gasteiger partial charge on any atom is -0.481 e. The van der Waals surface area contributed by atoms with E-state index in [9.17, 15) is 29.1 Å². The van der Waals surface area contributed by atoms with E-state index < -0.39 is 59.7 Å². The second-order valence-corrected chi connectivity index (χ2v) is 8.99. The van der Waals surface area contributed by atoms with Gasteiger partial charge in [0.15, 0.2) is 5.96 Å². The second kappa shape index (κ2) is 16.3. The van der Waals surface area contributed by atoms with Gasteiger partial charge in [-0.1, -0.05) is 34.1 Å². The van der Waals surface area contributed by atoms with Crippen molar-refractivity contribution in [1.82, 2.24) is 16.0 Å². The number of aliphatic imine (C=N–C) groups is 1. The fraction of sp³-hybridized carbons (Fsp3) is 0.727. The van der Waals surface area contributed by atoms with Crippen molar-refractivity contribution in [1.29, 1.82) is 0 Å². The molecule has 0 aromatic carbocycles. The number of hydrogen-bond donors (Lipinski definition) is 8. The Morgan fingerprint density at radius 1 is 0.861 bits per heavy atom. The molecule has 0 aliphatic heterocycles. The number of nitrogens with two attached hydrogens (primary N) is 3. The van der Waals surface area contributed by atoms with Gasteiger partial charge in [-0.25, -0.2) is 4.79 Å². The zero-order chi connectivity index (χ0) is 28.0. The molecule has 0 aromatic heterocycles. The topological polar surface area (TPSA) is 252 Å². The second-order valence-electron chi connectivity index (χ2n) is 8.99. The lowest BCUT2D eigenvalue weighted by atomic mass is 9.97. The Labute approximate surface area is 210 Å². The predicted octanol–water partition coefficient (Wildman–Crippen LogP) is -1.53. The zero-order valence-corrected chi connectivity index (χ0v) is 21.3. The van der Waals surface area contributed by atoms with Gasteiger partial charge in [-0.2, -0.15) is 0 Å². The molecule has 0 heterocycles. The highest BCUT2D eigenvalue weighted by atomic mass is 16.4. The van der Waals surface area contributed by atoms with Crippen LogP contribution in [0.1, 0.15) is 59.8 Å². The van der Waals surface area contributed by atoms with Crippen molar-refractivity contribution in [2.24, 2.45) is 34.0 Å². The average molecular weight is 516 g/mol. The monoisotopic (exact) mass is 515 g/mol. The molecule has 36 heavy (non-hydrogen) atoms. The van der Waals surface area contributed by atoms with Crippen molar-refractivity contribution in [2.75, 3.05) is 6.54 Å². The van der Waals surface area contributed by atoms with Gasteiger partial charge in [0.1, 0.15) is 18.1 Å². The summed E-state index contributed by atoms with van der Waals surface area (Å²) in [4.78, 5) is 64.6. The minimum atomic E-state index is -1.19. The third kappa shape index (κ3) is 12.3. The van der Waals surface area contributed by atoms with E-state index in [2.05, 4.69) is 20.9 Å². The van der Waals surface area contributed by atoms with Crippen molar-refractivity contribution in [3.8, 4) is 0 Å². The maximum atomic E-state index is 13.1. The van der Waals surface area contributed by atoms with Crippen molar-refractivity contribution < 1.29 is 34.2 Å². The first kappa shape index (κ1) is 32.6. The van der Waals surface area contributed by atoms with Gasteiger partial charge in [0.05, 0.1) is 6.04 Å². The quantitative estimate of drug-likeness (QED) is 0.0630. The van der Waals surface area contributed by atoms with Crippen LogP contribution in [-0.4, -0.2) is 76.5 Å². The van der Waals surface area contributed by atoms with Crippen LogP contribution >= 0.6 is 0 Å². The molecule has 0 fully saturated rings. The molecule has 0 radical (unpaired) electrons. The summed E-state index contributed by atoms with van der Waals surface area (Å²) >= 11 is 0. The maximum Gasteiger partial charge on any atom is 0.326 e. The number of guanidine groups is 1. The minimum absolute atomic E-state index is 0.0943. The van der Waals surface area contributed by atoms with E-state index in [1.165, 1.54) is 0 Å². The smallest absolute Gasteiger partial charge is 0.326 e. The third-order valence-corrected chi connectivity index (χ3v) is 5.61. The van der Waals surface area contributed by atoms with Crippen LogP contribution in [0.5, 0.6) is 0 Å². The van der Waals surface area contributed by atoms with Crippen molar-refractivity contribution >= 4 is 35.6 Å². The van der Waals surface area contributed by atoms with E-state index in [1.807, 2.05) is 0 Å². The molecule has 14 nitrogen and oxygen atoms in total. The van der Waals surface area contributed by atoms with Gasteiger partial charge in [0.25, 0.3) is 0 Å². The Morgan fingerprint density at radius 2 is 1.44 bits per heavy atom. The summed E-state index contributed by atoms with van der Waals surface area (Å²) in [6, 6.07) is -4.50. The van der Waals surface area contributed by atoms with Crippen LogP contribution in [0.25, 0.3) is 0 Å². The van der Waals surface area contributed by atoms with E-state index in [0.29, 0.717) is 12.8 Å². The van der Waals surface area contributed by atoms with Gasteiger partial charge in [-0.3, -0.25) is 24.2 Å². The largest absolute Gasteiger partial charge is 0.481 e. The fourth-order valence-electron chi connectivity index (χ4n) is 3.18. The summed E-state index contributed by atoms with van der Waals surface area (Å²) in [5.74, 6) is -5.29. The molecule has 0 saturated carbocycles. The Balaban J connectivity index is 5.57. The SMILES string of the molecule is CCC(C)C(NC(=O)C(NC(=O)C(CCCN=C(N)N)NC(=O)C(N)CCC(=O)O)C(C)C)C(=O)O. The fourth-order valence-corrected chi connectivity index (χ4v) is 3.18. The normalized spacial score (nSPS) is 15.1. The lowest BCUT2D eigenvalue weighted by Crippen LogP contribution is -2.59. The van der Waals surface area contributed by atoms with Gasteiger partial charge >= 0.3 is 11.9 Å². The summed E-state index contributed by atoms with van der Waals surface area (Å²) < 4.78 is 0. The van der Waals surface area contributed by atoms with Crippen molar-refractivity contribution in [2.45, 2.75) is 84.0 Å². The molecular formula is C22H41N7O7. The Hall–Kier alpha value is -3.42. The number of hydrogen-bond acceptors (Lipinski definition) is 7. The summed E-state index contributed by atoms with van der Waals surface area (Å²) in [6.45, 7) is 7.02. The molecule has 3 amide bonds. The highest BCUT2D eigenvalue weighted by molar-refractivity contribution is 5.94. The number of carbonyl (C=O) groups is 5. The number of nitrogens with one attached hydrogen (secondary N) is 3. The van der Waals surface area contributed by atoms with Crippen LogP contribution in [0.2, 0.25) is 0 Å². The molecule has 14 heteroatoms. The summed E-state index contributed by atoms with van der Waals surface area (Å²) in [5.41, 5.74) is 16.3. The van der Waals surface area contributed by atoms with E-state index >= 15 is 0 Å². The number of carboxylic acid groups (broad SMARTS) is 2. The van der Waals surface area contributed by atoms with Crippen molar-refractivity contribution in [3.63, 3.8) is 0 Å². The summed E-state index contributed by atoms with van der Waals surface area (Å²) in [6.07, 6.45) is 0.451. The predicted molar refractivity (Wildman–Crippen MR) is 132 cm³/mol. The van der Waals surface area contributed by atoms with E-state index in [0.717, 1.165) is 0 Å². The summed E-state index contributed by atoms with van der Waals surface area (Å²) in [7, 11) is 0. The molecule has 0 aliphatic carbocycles. The van der Waals surface area contributed by atoms with Crippen LogP contribution < -0.4 is 33.2 Å². The molecular weight excluding hydrogens is 474 g/mol. The molecule has 0 rings (SSSR count). The molecule has 5 unspecified atom stereocenters. The molecule has 0 aliphatic rings. The third-order valence-electron chi connectivity index (χ3n) is 5.61. The van der Waals surface area contributed by atoms with E-state index in [1.54, 1.807) is 27.7 Å². The number of nitrogens with zero attached hydrogens (tertiary/aromatic N) is 1. The van der Waals surface area contributed by atoms with Crippen LogP contribution in [0.15, 0.2) is 4.99 Å². The highest BCUT2D eigenvalue weighted by Gasteiger charge is 2.33. The number of carboxylic acids is 2. The Morgan fingerprint density at radius 3 is 1.92 bits per heavy atom. The van der Waals surface area contributed by atoms with E-state index in [4.69, 9.17) is 22.3 Å². The Bertz CT molecular complexity index is 800. The highest BCUT2D eigenvalue weighted by Crippen LogP contribution is 2.11. The van der Waals surface area contributed by atoms with Crippen LogP contribution in [-0.2, 0) is 24.0 Å². The lowest BCUT2D eigenvalue weighted by Gasteiger charge is -2.28. The molecule has 0 bridgehead atoms. The molecule has 11 N–H and O–H groups in total. The first-order valence-corrected chi connectivity index (χ1v) is 11.9. The standard InChI is InChI=1S/C22H41N7O7/c1-5-12(4)17(21(35)36)29-20(34)16(11(2)3)28-19(33)14(7-6-10-26-22(24)25)27-18(32)13(23)8-9-15(30)31/h11-14,16-17H,5-10,23H2,1-4H3,(H,27,32)(H,28,33)(H,29,34)(H,30,31)(H,35,36)(H4,24,25,26). The molecule has 0 saturated heterocycles. The first-order chi connectivity index (χ1) is 16.7. The van der Waals surface area contributed by atoms with Crippen LogP contribution in [0, 0.1) is 11.8 Å². The van der Waals surface area contributed by atoms with E-state index in [-0.39, 0.29) is 37.7 Å². The number of rotatable bonds is 17. The summed E-state index contributed by atoms with van der Waals surface area (Å²) in [5, 5.41) is 25.8. The lowest BCUT2D eigenvalue weighted by molar-refractivity contribution is -0.144. The van der Waals surface area contributed by atoms with Gasteiger partial charge in [0.2, 0.25) is 17.7 Å². The van der Waals surface area contributed by atoms with Gasteiger partial charge in [-0.15, -0.1) is 0 Å². The van der Waals surface area contributed by atoms with Crippen LogP contribution in [0.3, 0.4) is 0 Å². The number of aliphatic carboxylic acids is 2. The Kier molecular flexibility index (Phi) is 14.7. The zero-order valence-electron chi connectivity index (χ0n) is 21.3. The average Bonchev–Trinajstić information content (AvgIpc) is 2.79. The molecule has 206 valence electrons. The molecule has 0 aromatic rings. The van der Waals surface area contributed by atoms with Gasteiger partial charge < -0.3 is 43.4 Å². The molecule has 0 spiro atoms. The van der Waals surface area contributed by atoms with Crippen molar-refractivity contribution in [3.05, 3.63) is 0 Å². The maximum absolute atomic E-state index is 13.1. The van der Waals surface area contributed by atoms with Crippen LogP contribution in [0.4, 0.5) is 0 Å².